The SMILES string of the molecule is CC(C)c1nc(NCCS(=O)(=O)c2ccc(F)cc2)nc(N(C)C)n1. The summed E-state index contributed by atoms with van der Waals surface area (Å²) in [6, 6.07) is 4.78. The van der Waals surface area contributed by atoms with Gasteiger partial charge in [0.15, 0.2) is 9.84 Å². The van der Waals surface area contributed by atoms with E-state index in [0.717, 1.165) is 12.1 Å². The first kappa shape index (κ1) is 19.0. The van der Waals surface area contributed by atoms with Crippen molar-refractivity contribution >= 4 is 21.7 Å². The van der Waals surface area contributed by atoms with Gasteiger partial charge in [0, 0.05) is 26.6 Å². The molecule has 1 aromatic heterocycles. The van der Waals surface area contributed by atoms with Gasteiger partial charge in [-0.15, -0.1) is 0 Å². The van der Waals surface area contributed by atoms with Gasteiger partial charge in [-0.2, -0.15) is 15.0 Å². The maximum absolute atomic E-state index is 12.9. The van der Waals surface area contributed by atoms with E-state index in [0.29, 0.717) is 17.7 Å². The standard InChI is InChI=1S/C16H22FN5O2S/c1-11(2)14-19-15(21-16(20-14)22(3)4)18-9-10-25(23,24)13-7-5-12(17)6-8-13/h5-8,11H,9-10H2,1-4H3,(H,18,19,20,21). The number of hydrogen-bond acceptors (Lipinski definition) is 7. The summed E-state index contributed by atoms with van der Waals surface area (Å²) in [5.41, 5.74) is 0. The Morgan fingerprint density at radius 3 is 2.32 bits per heavy atom. The smallest absolute Gasteiger partial charge is 0.229 e. The van der Waals surface area contributed by atoms with Crippen molar-refractivity contribution in [1.82, 2.24) is 15.0 Å². The molecular formula is C16H22FN5O2S. The number of halogens is 1. The normalized spacial score (nSPS) is 11.6. The molecule has 136 valence electrons. The topological polar surface area (TPSA) is 88.1 Å². The summed E-state index contributed by atoms with van der Waals surface area (Å²) in [5, 5.41) is 2.93. The predicted molar refractivity (Wildman–Crippen MR) is 95.2 cm³/mol. The minimum absolute atomic E-state index is 0.0863. The summed E-state index contributed by atoms with van der Waals surface area (Å²) in [5.74, 6) is 0.949. The average molecular weight is 367 g/mol. The lowest BCUT2D eigenvalue weighted by Gasteiger charge is -2.14. The third-order valence-corrected chi connectivity index (χ3v) is 5.12. The predicted octanol–water partition coefficient (Wildman–Crippen LogP) is 2.09. The molecule has 25 heavy (non-hydrogen) atoms. The van der Waals surface area contributed by atoms with Gasteiger partial charge in [-0.05, 0) is 24.3 Å². The van der Waals surface area contributed by atoms with Crippen molar-refractivity contribution in [1.29, 1.82) is 0 Å². The quantitative estimate of drug-likeness (QED) is 0.750. The van der Waals surface area contributed by atoms with Gasteiger partial charge in [0.1, 0.15) is 11.6 Å². The molecule has 2 rings (SSSR count). The third-order valence-electron chi connectivity index (χ3n) is 3.38. The van der Waals surface area contributed by atoms with Crippen molar-refractivity contribution in [3.05, 3.63) is 35.9 Å². The number of anilines is 2. The first-order valence-electron chi connectivity index (χ1n) is 7.84. The molecule has 0 aliphatic rings. The Labute approximate surface area is 147 Å². The first-order valence-corrected chi connectivity index (χ1v) is 9.50. The molecule has 0 saturated carbocycles. The highest BCUT2D eigenvalue weighted by atomic mass is 32.2. The highest BCUT2D eigenvalue weighted by Crippen LogP contribution is 2.15. The number of benzene rings is 1. The largest absolute Gasteiger partial charge is 0.353 e. The van der Waals surface area contributed by atoms with Crippen LogP contribution in [-0.2, 0) is 9.84 Å². The van der Waals surface area contributed by atoms with Crippen molar-refractivity contribution < 1.29 is 12.8 Å². The summed E-state index contributed by atoms with van der Waals surface area (Å²) in [6.45, 7) is 4.07. The van der Waals surface area contributed by atoms with Crippen molar-refractivity contribution in [2.75, 3.05) is 36.6 Å². The molecule has 0 saturated heterocycles. The molecule has 0 aliphatic carbocycles. The summed E-state index contributed by atoms with van der Waals surface area (Å²) in [6.07, 6.45) is 0. The van der Waals surface area contributed by atoms with Gasteiger partial charge < -0.3 is 10.2 Å². The third kappa shape index (κ3) is 5.09. The monoisotopic (exact) mass is 367 g/mol. The molecule has 1 aromatic carbocycles. The number of hydrogen-bond donors (Lipinski definition) is 1. The average Bonchev–Trinajstić information content (AvgIpc) is 2.54. The summed E-state index contributed by atoms with van der Waals surface area (Å²) < 4.78 is 37.4. The fraction of sp³-hybridized carbons (Fsp3) is 0.438. The van der Waals surface area contributed by atoms with E-state index in [1.807, 2.05) is 27.9 Å². The van der Waals surface area contributed by atoms with Crippen molar-refractivity contribution in [2.24, 2.45) is 0 Å². The molecule has 0 radical (unpaired) electrons. The molecule has 1 heterocycles. The molecule has 1 N–H and O–H groups in total. The Balaban J connectivity index is 2.09. The van der Waals surface area contributed by atoms with Crippen LogP contribution in [0.25, 0.3) is 0 Å². The van der Waals surface area contributed by atoms with Crippen LogP contribution in [0.2, 0.25) is 0 Å². The molecule has 2 aromatic rings. The number of nitrogens with one attached hydrogen (secondary N) is 1. The van der Waals surface area contributed by atoms with Crippen LogP contribution in [0.15, 0.2) is 29.2 Å². The van der Waals surface area contributed by atoms with Gasteiger partial charge >= 0.3 is 0 Å². The van der Waals surface area contributed by atoms with Crippen LogP contribution in [-0.4, -0.2) is 49.8 Å². The Morgan fingerprint density at radius 2 is 1.76 bits per heavy atom. The summed E-state index contributed by atoms with van der Waals surface area (Å²) >= 11 is 0. The Hall–Kier alpha value is -2.29. The molecule has 0 fully saturated rings. The van der Waals surface area contributed by atoms with E-state index >= 15 is 0 Å². The molecule has 0 bridgehead atoms. The van der Waals surface area contributed by atoms with Crippen molar-refractivity contribution in [3.63, 3.8) is 0 Å². The minimum atomic E-state index is -3.51. The summed E-state index contributed by atoms with van der Waals surface area (Å²) in [7, 11) is 0.132. The molecular weight excluding hydrogens is 345 g/mol. The van der Waals surface area contributed by atoms with Gasteiger partial charge in [0.25, 0.3) is 0 Å². The number of aromatic nitrogens is 3. The van der Waals surface area contributed by atoms with Gasteiger partial charge in [-0.1, -0.05) is 13.8 Å². The first-order chi connectivity index (χ1) is 11.7. The lowest BCUT2D eigenvalue weighted by atomic mass is 10.2. The van der Waals surface area contributed by atoms with Gasteiger partial charge in [0.05, 0.1) is 10.6 Å². The highest BCUT2D eigenvalue weighted by Gasteiger charge is 2.15. The van der Waals surface area contributed by atoms with Gasteiger partial charge in [-0.25, -0.2) is 12.8 Å². The van der Waals surface area contributed by atoms with Crippen LogP contribution >= 0.6 is 0 Å². The Kier molecular flexibility index (Phi) is 5.89. The van der Waals surface area contributed by atoms with Crippen LogP contribution in [0.1, 0.15) is 25.6 Å². The second-order valence-corrected chi connectivity index (χ2v) is 8.18. The van der Waals surface area contributed by atoms with E-state index in [1.165, 1.54) is 12.1 Å². The maximum Gasteiger partial charge on any atom is 0.229 e. The van der Waals surface area contributed by atoms with Crippen LogP contribution < -0.4 is 10.2 Å². The van der Waals surface area contributed by atoms with Crippen LogP contribution in [0.4, 0.5) is 16.3 Å². The molecule has 0 unspecified atom stereocenters. The zero-order valence-corrected chi connectivity index (χ0v) is 15.5. The van der Waals surface area contributed by atoms with E-state index in [4.69, 9.17) is 0 Å². The summed E-state index contributed by atoms with van der Waals surface area (Å²) in [4.78, 5) is 14.8. The minimum Gasteiger partial charge on any atom is -0.353 e. The van der Waals surface area contributed by atoms with Crippen molar-refractivity contribution in [2.45, 2.75) is 24.7 Å². The van der Waals surface area contributed by atoms with Crippen LogP contribution in [0.3, 0.4) is 0 Å². The molecule has 7 nitrogen and oxygen atoms in total. The van der Waals surface area contributed by atoms with Gasteiger partial charge in [0.2, 0.25) is 11.9 Å². The Morgan fingerprint density at radius 1 is 1.12 bits per heavy atom. The van der Waals surface area contributed by atoms with Crippen LogP contribution in [0, 0.1) is 5.82 Å². The molecule has 0 atom stereocenters. The van der Waals surface area contributed by atoms with E-state index in [2.05, 4.69) is 20.3 Å². The van der Waals surface area contributed by atoms with E-state index in [9.17, 15) is 12.8 Å². The number of nitrogens with zero attached hydrogens (tertiary/aromatic N) is 4. The fourth-order valence-electron chi connectivity index (χ4n) is 1.97. The van der Waals surface area contributed by atoms with Gasteiger partial charge in [-0.3, -0.25) is 0 Å². The second-order valence-electron chi connectivity index (χ2n) is 6.07. The highest BCUT2D eigenvalue weighted by molar-refractivity contribution is 7.91. The van der Waals surface area contributed by atoms with Crippen LogP contribution in [0.5, 0.6) is 0 Å². The van der Waals surface area contributed by atoms with E-state index in [1.54, 1.807) is 4.90 Å². The second kappa shape index (κ2) is 7.73. The number of sulfone groups is 1. The molecule has 9 heteroatoms. The van der Waals surface area contributed by atoms with E-state index in [-0.39, 0.29) is 23.1 Å². The number of rotatable bonds is 7. The fourth-order valence-corrected chi connectivity index (χ4v) is 3.13. The zero-order valence-electron chi connectivity index (χ0n) is 14.7. The van der Waals surface area contributed by atoms with E-state index < -0.39 is 15.7 Å². The zero-order chi connectivity index (χ0) is 18.6. The van der Waals surface area contributed by atoms with Crippen molar-refractivity contribution in [3.8, 4) is 0 Å². The maximum atomic E-state index is 12.9. The molecule has 0 spiro atoms. The molecule has 0 aliphatic heterocycles. The lowest BCUT2D eigenvalue weighted by Crippen LogP contribution is -2.20. The lowest BCUT2D eigenvalue weighted by molar-refractivity contribution is 0.595. The Bertz CT molecular complexity index is 797. The molecule has 0 amide bonds.